The smallest absolute Gasteiger partial charge is 0.243 e. The number of nitrogens with zero attached hydrogens (tertiary/aromatic N) is 3. The molecule has 1 fully saturated rings. The number of piperazine rings is 1. The zero-order valence-corrected chi connectivity index (χ0v) is 16.3. The van der Waals surface area contributed by atoms with Gasteiger partial charge in [-0.15, -0.1) is 0 Å². The Morgan fingerprint density at radius 1 is 1.04 bits per heavy atom. The summed E-state index contributed by atoms with van der Waals surface area (Å²) in [7, 11) is -3.56. The molecule has 0 unspecified atom stereocenters. The van der Waals surface area contributed by atoms with Crippen molar-refractivity contribution in [2.24, 2.45) is 0 Å². The van der Waals surface area contributed by atoms with Crippen molar-refractivity contribution >= 4 is 10.0 Å². The predicted octanol–water partition coefficient (Wildman–Crippen LogP) is 2.39. The van der Waals surface area contributed by atoms with Gasteiger partial charge in [-0.25, -0.2) is 8.42 Å². The van der Waals surface area contributed by atoms with Crippen LogP contribution in [0.15, 0.2) is 41.3 Å². The summed E-state index contributed by atoms with van der Waals surface area (Å²) < 4.78 is 27.0. The Kier molecular flexibility index (Phi) is 5.51. The van der Waals surface area contributed by atoms with Gasteiger partial charge in [0.25, 0.3) is 0 Å². The molecule has 2 aromatic rings. The van der Waals surface area contributed by atoms with Crippen molar-refractivity contribution in [2.45, 2.75) is 25.3 Å². The van der Waals surface area contributed by atoms with Crippen LogP contribution >= 0.6 is 0 Å². The Morgan fingerprint density at radius 2 is 1.63 bits per heavy atom. The third kappa shape index (κ3) is 4.14. The summed E-state index contributed by atoms with van der Waals surface area (Å²) in [6, 6.07) is 11.8. The lowest BCUT2D eigenvalue weighted by atomic mass is 10.0. The first-order chi connectivity index (χ1) is 12.8. The quantitative estimate of drug-likeness (QED) is 0.874. The Morgan fingerprint density at radius 3 is 2.22 bits per heavy atom. The van der Waals surface area contributed by atoms with E-state index in [9.17, 15) is 13.5 Å². The Balaban J connectivity index is 1.66. The zero-order valence-electron chi connectivity index (χ0n) is 15.5. The van der Waals surface area contributed by atoms with Gasteiger partial charge in [-0.05, 0) is 55.3 Å². The number of phenolic OH excluding ortho intramolecular Hbond substituents is 1. The maximum absolute atomic E-state index is 12.8. The number of phenols is 1. The number of hydrogen-bond acceptors (Lipinski definition) is 5. The lowest BCUT2D eigenvalue weighted by Gasteiger charge is -2.34. The van der Waals surface area contributed by atoms with Crippen molar-refractivity contribution in [1.82, 2.24) is 9.21 Å². The normalized spacial score (nSPS) is 16.2. The second kappa shape index (κ2) is 7.69. The highest BCUT2D eigenvalue weighted by Crippen LogP contribution is 2.24. The van der Waals surface area contributed by atoms with Crippen LogP contribution in [-0.2, 0) is 16.6 Å². The summed E-state index contributed by atoms with van der Waals surface area (Å²) in [4.78, 5) is 2.36. The zero-order chi connectivity index (χ0) is 19.6. The van der Waals surface area contributed by atoms with Crippen LogP contribution in [0.1, 0.15) is 22.3 Å². The summed E-state index contributed by atoms with van der Waals surface area (Å²) in [5, 5.41) is 19.0. The maximum atomic E-state index is 12.8. The number of nitriles is 1. The molecule has 0 bridgehead atoms. The van der Waals surface area contributed by atoms with Crippen molar-refractivity contribution in [2.75, 3.05) is 26.2 Å². The van der Waals surface area contributed by atoms with Crippen LogP contribution < -0.4 is 0 Å². The number of aromatic hydroxyl groups is 1. The van der Waals surface area contributed by atoms with Crippen LogP contribution in [0.2, 0.25) is 0 Å². The van der Waals surface area contributed by atoms with E-state index in [1.165, 1.54) is 28.6 Å². The first-order valence-corrected chi connectivity index (χ1v) is 10.3. The monoisotopic (exact) mass is 385 g/mol. The first kappa shape index (κ1) is 19.4. The van der Waals surface area contributed by atoms with Crippen molar-refractivity contribution in [3.8, 4) is 11.8 Å². The second-order valence-electron chi connectivity index (χ2n) is 6.88. The number of aryl methyl sites for hydroxylation is 2. The van der Waals surface area contributed by atoms with Crippen LogP contribution in [0.4, 0.5) is 0 Å². The topological polar surface area (TPSA) is 84.6 Å². The molecule has 142 valence electrons. The molecule has 0 spiro atoms. The van der Waals surface area contributed by atoms with Crippen LogP contribution in [0.3, 0.4) is 0 Å². The average Bonchev–Trinajstić information content (AvgIpc) is 2.66. The summed E-state index contributed by atoms with van der Waals surface area (Å²) in [5.41, 5.74) is 3.48. The number of benzene rings is 2. The molecule has 0 aliphatic carbocycles. The standard InChI is InChI=1S/C20H23N3O3S/c1-15-11-18(20(24)12-16(15)2)14-22-7-9-23(10-8-22)27(25,26)19-5-3-17(13-21)4-6-19/h3-6,11-12,24H,7-10,14H2,1-2H3. The SMILES string of the molecule is Cc1cc(O)c(CN2CCN(S(=O)(=O)c3ccc(C#N)cc3)CC2)cc1C. The molecule has 27 heavy (non-hydrogen) atoms. The van der Waals surface area contributed by atoms with E-state index in [4.69, 9.17) is 5.26 Å². The van der Waals surface area contributed by atoms with E-state index >= 15 is 0 Å². The highest BCUT2D eigenvalue weighted by Gasteiger charge is 2.28. The van der Waals surface area contributed by atoms with Gasteiger partial charge in [0.2, 0.25) is 10.0 Å². The van der Waals surface area contributed by atoms with Gasteiger partial charge in [0.05, 0.1) is 16.5 Å². The molecule has 0 radical (unpaired) electrons. The summed E-state index contributed by atoms with van der Waals surface area (Å²) in [6.07, 6.45) is 0. The molecule has 6 nitrogen and oxygen atoms in total. The Hall–Kier alpha value is -2.40. The fourth-order valence-electron chi connectivity index (χ4n) is 3.21. The molecule has 0 amide bonds. The van der Waals surface area contributed by atoms with Crippen molar-refractivity contribution in [3.63, 3.8) is 0 Å². The van der Waals surface area contributed by atoms with Gasteiger partial charge in [0.15, 0.2) is 0 Å². The molecule has 0 saturated carbocycles. The lowest BCUT2D eigenvalue weighted by molar-refractivity contribution is 0.180. The van der Waals surface area contributed by atoms with Gasteiger partial charge >= 0.3 is 0 Å². The molecule has 1 N–H and O–H groups in total. The van der Waals surface area contributed by atoms with Crippen molar-refractivity contribution < 1.29 is 13.5 Å². The van der Waals surface area contributed by atoms with E-state index in [0.717, 1.165) is 16.7 Å². The summed E-state index contributed by atoms with van der Waals surface area (Å²) in [5.74, 6) is 0.283. The van der Waals surface area contributed by atoms with Crippen molar-refractivity contribution in [3.05, 3.63) is 58.7 Å². The molecule has 1 aliphatic heterocycles. The highest BCUT2D eigenvalue weighted by atomic mass is 32.2. The number of sulfonamides is 1. The van der Waals surface area contributed by atoms with E-state index in [2.05, 4.69) is 4.90 Å². The minimum Gasteiger partial charge on any atom is -0.508 e. The fraction of sp³-hybridized carbons (Fsp3) is 0.350. The van der Waals surface area contributed by atoms with E-state index in [-0.39, 0.29) is 10.6 Å². The van der Waals surface area contributed by atoms with E-state index in [0.29, 0.717) is 38.3 Å². The Labute approximate surface area is 160 Å². The van der Waals surface area contributed by atoms with Crippen LogP contribution in [0.5, 0.6) is 5.75 Å². The molecule has 0 aromatic heterocycles. The van der Waals surface area contributed by atoms with E-state index in [1.807, 2.05) is 26.0 Å². The minimum absolute atomic E-state index is 0.210. The van der Waals surface area contributed by atoms with Gasteiger partial charge in [-0.2, -0.15) is 9.57 Å². The fourth-order valence-corrected chi connectivity index (χ4v) is 4.63. The molecule has 2 aromatic carbocycles. The van der Waals surface area contributed by atoms with Crippen LogP contribution in [-0.4, -0.2) is 48.9 Å². The summed E-state index contributed by atoms with van der Waals surface area (Å²) in [6.45, 7) is 6.56. The highest BCUT2D eigenvalue weighted by molar-refractivity contribution is 7.89. The molecule has 3 rings (SSSR count). The first-order valence-electron chi connectivity index (χ1n) is 8.83. The van der Waals surface area contributed by atoms with Gasteiger partial charge in [-0.1, -0.05) is 6.07 Å². The third-order valence-corrected chi connectivity index (χ3v) is 6.95. The molecular weight excluding hydrogens is 362 g/mol. The lowest BCUT2D eigenvalue weighted by Crippen LogP contribution is -2.48. The molecule has 7 heteroatoms. The number of rotatable bonds is 4. The summed E-state index contributed by atoms with van der Waals surface area (Å²) >= 11 is 0. The second-order valence-corrected chi connectivity index (χ2v) is 8.82. The van der Waals surface area contributed by atoms with Crippen molar-refractivity contribution in [1.29, 1.82) is 5.26 Å². The average molecular weight is 385 g/mol. The molecule has 0 atom stereocenters. The van der Waals surface area contributed by atoms with Gasteiger partial charge in [-0.3, -0.25) is 4.90 Å². The van der Waals surface area contributed by atoms with Gasteiger partial charge in [0, 0.05) is 38.3 Å². The van der Waals surface area contributed by atoms with E-state index < -0.39 is 10.0 Å². The predicted molar refractivity (Wildman–Crippen MR) is 103 cm³/mol. The van der Waals surface area contributed by atoms with Crippen LogP contribution in [0, 0.1) is 25.2 Å². The van der Waals surface area contributed by atoms with Gasteiger partial charge < -0.3 is 5.11 Å². The Bertz CT molecular complexity index is 971. The van der Waals surface area contributed by atoms with E-state index in [1.54, 1.807) is 6.07 Å². The molecule has 1 aliphatic rings. The van der Waals surface area contributed by atoms with Gasteiger partial charge in [0.1, 0.15) is 5.75 Å². The third-order valence-electron chi connectivity index (χ3n) is 5.04. The minimum atomic E-state index is -3.56. The maximum Gasteiger partial charge on any atom is 0.243 e. The van der Waals surface area contributed by atoms with Crippen LogP contribution in [0.25, 0.3) is 0 Å². The molecule has 1 heterocycles. The largest absolute Gasteiger partial charge is 0.508 e. The molecule has 1 saturated heterocycles. The molecular formula is C20H23N3O3S. The number of hydrogen-bond donors (Lipinski definition) is 1.